The lowest BCUT2D eigenvalue weighted by atomic mass is 10.1. The van der Waals surface area contributed by atoms with Gasteiger partial charge in [-0.2, -0.15) is 0 Å². The maximum Gasteiger partial charge on any atom is 0.264 e. The highest BCUT2D eigenvalue weighted by molar-refractivity contribution is 7.90. The van der Waals surface area contributed by atoms with Gasteiger partial charge in [0.1, 0.15) is 0 Å². The van der Waals surface area contributed by atoms with Crippen LogP contribution in [0.5, 0.6) is 0 Å². The van der Waals surface area contributed by atoms with Crippen LogP contribution in [0.3, 0.4) is 0 Å². The van der Waals surface area contributed by atoms with Gasteiger partial charge in [-0.1, -0.05) is 31.5 Å². The molecule has 0 aliphatic rings. The first kappa shape index (κ1) is 17.5. The molecule has 7 heteroatoms. The van der Waals surface area contributed by atoms with Gasteiger partial charge in [0.25, 0.3) is 10.0 Å². The number of aryl methyl sites for hydroxylation is 1. The molecular formula is C16H21N3O2S2. The van der Waals surface area contributed by atoms with Gasteiger partial charge in [-0.05, 0) is 42.0 Å². The van der Waals surface area contributed by atoms with E-state index in [0.29, 0.717) is 6.54 Å². The summed E-state index contributed by atoms with van der Waals surface area (Å²) in [6, 6.07) is 10.7. The molecule has 0 amide bonds. The largest absolute Gasteiger partial charge is 0.369 e. The Bertz CT molecular complexity index is 736. The van der Waals surface area contributed by atoms with Gasteiger partial charge < -0.3 is 5.73 Å². The van der Waals surface area contributed by atoms with Crippen LogP contribution in [0.1, 0.15) is 30.2 Å². The van der Waals surface area contributed by atoms with Crippen molar-refractivity contribution in [1.29, 1.82) is 0 Å². The zero-order valence-electron chi connectivity index (χ0n) is 13.0. The van der Waals surface area contributed by atoms with Crippen molar-refractivity contribution in [3.8, 4) is 0 Å². The highest BCUT2D eigenvalue weighted by Gasteiger charge is 2.14. The summed E-state index contributed by atoms with van der Waals surface area (Å²) >= 11 is 1.55. The minimum atomic E-state index is -3.69. The SMILES string of the molecule is CCCCc1ccc(S(=O)(=O)NC(N)=NCc2cccs2)cc1. The third-order valence-electron chi connectivity index (χ3n) is 3.28. The van der Waals surface area contributed by atoms with Crippen molar-refractivity contribution in [2.75, 3.05) is 0 Å². The molecule has 1 heterocycles. The molecule has 5 nitrogen and oxygen atoms in total. The van der Waals surface area contributed by atoms with Gasteiger partial charge >= 0.3 is 0 Å². The first-order chi connectivity index (χ1) is 11.0. The van der Waals surface area contributed by atoms with E-state index in [2.05, 4.69) is 16.6 Å². The number of benzene rings is 1. The zero-order valence-corrected chi connectivity index (χ0v) is 14.7. The van der Waals surface area contributed by atoms with Crippen LogP contribution in [0, 0.1) is 0 Å². The average molecular weight is 351 g/mol. The molecule has 0 aliphatic heterocycles. The molecule has 0 saturated heterocycles. The summed E-state index contributed by atoms with van der Waals surface area (Å²) in [6.07, 6.45) is 3.15. The third-order valence-corrected chi connectivity index (χ3v) is 5.51. The molecule has 0 bridgehead atoms. The van der Waals surface area contributed by atoms with Gasteiger partial charge in [0.15, 0.2) is 0 Å². The predicted octanol–water partition coefficient (Wildman–Crippen LogP) is 2.88. The molecule has 23 heavy (non-hydrogen) atoms. The predicted molar refractivity (Wildman–Crippen MR) is 95.0 cm³/mol. The fourth-order valence-electron chi connectivity index (χ4n) is 2.01. The Morgan fingerprint density at radius 2 is 2.00 bits per heavy atom. The molecule has 0 aliphatic carbocycles. The number of unbranched alkanes of at least 4 members (excludes halogenated alkanes) is 1. The second-order valence-corrected chi connectivity index (χ2v) is 7.85. The Labute approximate surface area is 141 Å². The fourth-order valence-corrected chi connectivity index (χ4v) is 3.59. The lowest BCUT2D eigenvalue weighted by molar-refractivity contribution is 0.592. The topological polar surface area (TPSA) is 84.5 Å². The van der Waals surface area contributed by atoms with Gasteiger partial charge in [-0.15, -0.1) is 11.3 Å². The number of rotatable bonds is 7. The van der Waals surface area contributed by atoms with E-state index in [-0.39, 0.29) is 10.9 Å². The van der Waals surface area contributed by atoms with Gasteiger partial charge in [-0.3, -0.25) is 0 Å². The molecule has 3 N–H and O–H groups in total. The Balaban J connectivity index is 2.01. The molecule has 0 radical (unpaired) electrons. The Hall–Kier alpha value is -1.86. The summed E-state index contributed by atoms with van der Waals surface area (Å²) < 4.78 is 26.8. The summed E-state index contributed by atoms with van der Waals surface area (Å²) in [5.41, 5.74) is 6.80. The van der Waals surface area contributed by atoms with Gasteiger partial charge in [0, 0.05) is 4.88 Å². The minimum Gasteiger partial charge on any atom is -0.369 e. The van der Waals surface area contributed by atoms with Crippen LogP contribution < -0.4 is 10.5 Å². The minimum absolute atomic E-state index is 0.103. The van der Waals surface area contributed by atoms with Gasteiger partial charge in [0.2, 0.25) is 5.96 Å². The highest BCUT2D eigenvalue weighted by Crippen LogP contribution is 2.13. The van der Waals surface area contributed by atoms with Crippen LogP contribution >= 0.6 is 11.3 Å². The van der Waals surface area contributed by atoms with E-state index >= 15 is 0 Å². The Morgan fingerprint density at radius 1 is 1.26 bits per heavy atom. The molecule has 0 fully saturated rings. The number of aliphatic imine (C=N–C) groups is 1. The number of hydrogen-bond donors (Lipinski definition) is 2. The average Bonchev–Trinajstić information content (AvgIpc) is 3.04. The summed E-state index contributed by atoms with van der Waals surface area (Å²) in [6.45, 7) is 2.49. The van der Waals surface area contributed by atoms with Crippen molar-refractivity contribution >= 4 is 27.3 Å². The van der Waals surface area contributed by atoms with Crippen LogP contribution in [0.25, 0.3) is 0 Å². The fraction of sp³-hybridized carbons (Fsp3) is 0.312. The highest BCUT2D eigenvalue weighted by atomic mass is 32.2. The van der Waals surface area contributed by atoms with Gasteiger partial charge in [0.05, 0.1) is 11.4 Å². The van der Waals surface area contributed by atoms with Crippen molar-refractivity contribution in [3.63, 3.8) is 0 Å². The van der Waals surface area contributed by atoms with Crippen LogP contribution in [-0.2, 0) is 23.0 Å². The van der Waals surface area contributed by atoms with E-state index in [1.165, 1.54) is 0 Å². The van der Waals surface area contributed by atoms with Crippen LogP contribution in [0.15, 0.2) is 51.7 Å². The second kappa shape index (κ2) is 8.12. The maximum absolute atomic E-state index is 12.3. The number of nitrogens with two attached hydrogens (primary N) is 1. The van der Waals surface area contributed by atoms with Crippen molar-refractivity contribution in [3.05, 3.63) is 52.2 Å². The maximum atomic E-state index is 12.3. The van der Waals surface area contributed by atoms with Crippen molar-refractivity contribution in [2.45, 2.75) is 37.6 Å². The monoisotopic (exact) mass is 351 g/mol. The lowest BCUT2D eigenvalue weighted by Crippen LogP contribution is -2.36. The smallest absolute Gasteiger partial charge is 0.264 e. The zero-order chi connectivity index (χ0) is 16.7. The quantitative estimate of drug-likeness (QED) is 0.594. The summed E-state index contributed by atoms with van der Waals surface area (Å²) in [5.74, 6) is -0.103. The van der Waals surface area contributed by atoms with E-state index in [1.807, 2.05) is 29.6 Å². The van der Waals surface area contributed by atoms with E-state index in [4.69, 9.17) is 5.73 Å². The van der Waals surface area contributed by atoms with E-state index < -0.39 is 10.0 Å². The molecule has 2 aromatic rings. The third kappa shape index (κ3) is 5.37. The number of guanidine groups is 1. The van der Waals surface area contributed by atoms with E-state index in [0.717, 1.165) is 29.7 Å². The molecular weight excluding hydrogens is 330 g/mol. The van der Waals surface area contributed by atoms with E-state index in [1.54, 1.807) is 23.5 Å². The molecule has 2 rings (SSSR count). The van der Waals surface area contributed by atoms with Crippen molar-refractivity contribution < 1.29 is 8.42 Å². The Morgan fingerprint density at radius 3 is 2.61 bits per heavy atom. The number of hydrogen-bond acceptors (Lipinski definition) is 4. The standard InChI is InChI=1S/C16H21N3O2S2/c1-2-3-5-13-7-9-15(10-8-13)23(20,21)19-16(17)18-12-14-6-4-11-22-14/h4,6-11H,2-3,5,12H2,1H3,(H3,17,18,19). The first-order valence-electron chi connectivity index (χ1n) is 7.45. The van der Waals surface area contributed by atoms with Crippen LogP contribution in [-0.4, -0.2) is 14.4 Å². The number of sulfonamides is 1. The molecule has 0 saturated carbocycles. The molecule has 1 aromatic heterocycles. The molecule has 1 aromatic carbocycles. The van der Waals surface area contributed by atoms with E-state index in [9.17, 15) is 8.42 Å². The molecule has 0 spiro atoms. The Kier molecular flexibility index (Phi) is 6.18. The van der Waals surface area contributed by atoms with Crippen molar-refractivity contribution in [2.24, 2.45) is 10.7 Å². The first-order valence-corrected chi connectivity index (χ1v) is 9.81. The van der Waals surface area contributed by atoms with Crippen molar-refractivity contribution in [1.82, 2.24) is 4.72 Å². The normalized spacial score (nSPS) is 12.3. The summed E-state index contributed by atoms with van der Waals surface area (Å²) in [7, 11) is -3.69. The number of thiophene rings is 1. The molecule has 0 unspecified atom stereocenters. The van der Waals surface area contributed by atoms with Gasteiger partial charge in [-0.25, -0.2) is 18.1 Å². The number of nitrogens with zero attached hydrogens (tertiary/aromatic N) is 1. The summed E-state index contributed by atoms with van der Waals surface area (Å²) in [4.78, 5) is 5.26. The summed E-state index contributed by atoms with van der Waals surface area (Å²) in [5, 5.41) is 1.94. The second-order valence-electron chi connectivity index (χ2n) is 5.13. The van der Waals surface area contributed by atoms with Crippen LogP contribution in [0.2, 0.25) is 0 Å². The lowest BCUT2D eigenvalue weighted by Gasteiger charge is -2.08. The van der Waals surface area contributed by atoms with Crippen LogP contribution in [0.4, 0.5) is 0 Å². The molecule has 0 atom stereocenters. The number of nitrogens with one attached hydrogen (secondary N) is 1. The molecule has 124 valence electrons.